The molecular weight excluding hydrogens is 465 g/mol. The predicted octanol–water partition coefficient (Wildman–Crippen LogP) is 6.74. The minimum atomic E-state index is -4.58. The Bertz CT molecular complexity index is 1200. The standard InChI is InChI=1S/C26H24ClF3N2O2/c1-3-15-7-9-16(10-8-15)23-22(14(2)31-19-5-4-6-21(33)24(19)23)25(34)32-20-13-17(26(28,29)30)11-12-18(20)27/h7-13,23-24H,3-6H2,1-2H3,(H,32,34)/t23-,24?/m0/s1. The number of hydrogen-bond donors (Lipinski definition) is 1. The number of amides is 1. The largest absolute Gasteiger partial charge is 0.416 e. The normalized spacial score (nSPS) is 20.6. The molecule has 1 amide bonds. The molecule has 1 fully saturated rings. The average Bonchev–Trinajstić information content (AvgIpc) is 2.79. The number of anilines is 1. The number of aliphatic imine (C=N–C) groups is 1. The lowest BCUT2D eigenvalue weighted by atomic mass is 9.69. The lowest BCUT2D eigenvalue weighted by Gasteiger charge is -2.36. The van der Waals surface area contributed by atoms with Gasteiger partial charge in [0.2, 0.25) is 0 Å². The number of allylic oxidation sites excluding steroid dienone is 1. The first kappa shape index (κ1) is 24.2. The van der Waals surface area contributed by atoms with E-state index < -0.39 is 29.5 Å². The SMILES string of the molecule is CCc1ccc([C@H]2C(C(=O)Nc3cc(C(F)(F)F)ccc3Cl)=C(C)N=C3CCCC(=O)C32)cc1. The number of nitrogens with zero attached hydrogens (tertiary/aromatic N) is 1. The van der Waals surface area contributed by atoms with Crippen molar-refractivity contribution in [1.82, 2.24) is 0 Å². The summed E-state index contributed by atoms with van der Waals surface area (Å²) in [5.41, 5.74) is 2.32. The highest BCUT2D eigenvalue weighted by Crippen LogP contribution is 2.43. The number of alkyl halides is 3. The lowest BCUT2D eigenvalue weighted by Crippen LogP contribution is -2.39. The molecule has 0 spiro atoms. The smallest absolute Gasteiger partial charge is 0.321 e. The molecule has 2 atom stereocenters. The summed E-state index contributed by atoms with van der Waals surface area (Å²) in [5.74, 6) is -1.74. The van der Waals surface area contributed by atoms with Gasteiger partial charge in [-0.15, -0.1) is 0 Å². The van der Waals surface area contributed by atoms with E-state index in [1.807, 2.05) is 31.2 Å². The summed E-state index contributed by atoms with van der Waals surface area (Å²) in [6.07, 6.45) is -1.95. The van der Waals surface area contributed by atoms with Crippen molar-refractivity contribution in [2.45, 2.75) is 51.6 Å². The van der Waals surface area contributed by atoms with E-state index in [9.17, 15) is 22.8 Å². The number of rotatable bonds is 4. The summed E-state index contributed by atoms with van der Waals surface area (Å²) >= 11 is 6.11. The molecule has 1 saturated carbocycles. The van der Waals surface area contributed by atoms with Crippen LogP contribution < -0.4 is 5.32 Å². The van der Waals surface area contributed by atoms with Gasteiger partial charge >= 0.3 is 6.18 Å². The summed E-state index contributed by atoms with van der Waals surface area (Å²) in [6.45, 7) is 3.73. The molecule has 4 rings (SSSR count). The fraction of sp³-hybridized carbons (Fsp3) is 0.346. The lowest BCUT2D eigenvalue weighted by molar-refractivity contribution is -0.137. The summed E-state index contributed by atoms with van der Waals surface area (Å²) < 4.78 is 39.6. The van der Waals surface area contributed by atoms with Gasteiger partial charge in [0.15, 0.2) is 0 Å². The second kappa shape index (κ2) is 9.37. The van der Waals surface area contributed by atoms with E-state index in [4.69, 9.17) is 11.6 Å². The average molecular weight is 489 g/mol. The second-order valence-electron chi connectivity index (χ2n) is 8.62. The van der Waals surface area contributed by atoms with Crippen LogP contribution in [0.15, 0.2) is 58.7 Å². The molecule has 1 unspecified atom stereocenters. The van der Waals surface area contributed by atoms with Crippen molar-refractivity contribution in [1.29, 1.82) is 0 Å². The van der Waals surface area contributed by atoms with Gasteiger partial charge in [0.05, 0.1) is 22.2 Å². The van der Waals surface area contributed by atoms with Gasteiger partial charge in [-0.1, -0.05) is 42.8 Å². The molecule has 4 nitrogen and oxygen atoms in total. The quantitative estimate of drug-likeness (QED) is 0.518. The van der Waals surface area contributed by atoms with Crippen molar-refractivity contribution in [2.24, 2.45) is 10.9 Å². The van der Waals surface area contributed by atoms with Crippen LogP contribution in [0.25, 0.3) is 0 Å². The van der Waals surface area contributed by atoms with E-state index in [1.165, 1.54) is 0 Å². The van der Waals surface area contributed by atoms with Gasteiger partial charge < -0.3 is 5.32 Å². The first-order chi connectivity index (χ1) is 16.1. The Balaban J connectivity index is 1.77. The molecule has 2 aromatic carbocycles. The first-order valence-corrected chi connectivity index (χ1v) is 11.6. The molecule has 0 saturated heterocycles. The first-order valence-electron chi connectivity index (χ1n) is 11.2. The molecule has 1 aliphatic heterocycles. The van der Waals surface area contributed by atoms with Crippen LogP contribution in [0.4, 0.5) is 18.9 Å². The number of carbonyl (C=O) groups is 2. The van der Waals surface area contributed by atoms with Crippen molar-refractivity contribution in [3.63, 3.8) is 0 Å². The maximum Gasteiger partial charge on any atom is 0.416 e. The topological polar surface area (TPSA) is 58.5 Å². The number of carbonyl (C=O) groups excluding carboxylic acids is 2. The molecule has 1 N–H and O–H groups in total. The Hall–Kier alpha value is -2.93. The third-order valence-electron chi connectivity index (χ3n) is 6.44. The molecule has 2 aliphatic rings. The third-order valence-corrected chi connectivity index (χ3v) is 6.77. The van der Waals surface area contributed by atoms with Gasteiger partial charge in [0.25, 0.3) is 5.91 Å². The molecule has 1 heterocycles. The van der Waals surface area contributed by atoms with Crippen LogP contribution in [0.3, 0.4) is 0 Å². The maximum absolute atomic E-state index is 13.5. The summed E-state index contributed by atoms with van der Waals surface area (Å²) in [7, 11) is 0. The Labute approximate surface area is 200 Å². The molecular formula is C26H24ClF3N2O2. The summed E-state index contributed by atoms with van der Waals surface area (Å²) in [5, 5.41) is 2.53. The number of aryl methyl sites for hydroxylation is 1. The van der Waals surface area contributed by atoms with E-state index in [0.29, 0.717) is 25.0 Å². The molecule has 0 aromatic heterocycles. The Kier molecular flexibility index (Phi) is 6.67. The van der Waals surface area contributed by atoms with Crippen LogP contribution in [0.5, 0.6) is 0 Å². The van der Waals surface area contributed by atoms with Crippen LogP contribution in [0, 0.1) is 5.92 Å². The molecule has 178 valence electrons. The fourth-order valence-corrected chi connectivity index (χ4v) is 4.89. The van der Waals surface area contributed by atoms with Crippen LogP contribution in [0.1, 0.15) is 55.7 Å². The van der Waals surface area contributed by atoms with Crippen molar-refractivity contribution in [3.05, 3.63) is 75.4 Å². The molecule has 2 aromatic rings. The van der Waals surface area contributed by atoms with Crippen LogP contribution in [0.2, 0.25) is 5.02 Å². The summed E-state index contributed by atoms with van der Waals surface area (Å²) in [6, 6.07) is 10.5. The zero-order chi connectivity index (χ0) is 24.6. The van der Waals surface area contributed by atoms with E-state index in [1.54, 1.807) is 6.92 Å². The highest BCUT2D eigenvalue weighted by atomic mass is 35.5. The molecule has 0 bridgehead atoms. The van der Waals surface area contributed by atoms with Gasteiger partial charge in [-0.25, -0.2) is 0 Å². The van der Waals surface area contributed by atoms with E-state index >= 15 is 0 Å². The van der Waals surface area contributed by atoms with Crippen molar-refractivity contribution in [2.75, 3.05) is 5.32 Å². The number of hydrogen-bond acceptors (Lipinski definition) is 3. The van der Waals surface area contributed by atoms with Crippen LogP contribution in [-0.2, 0) is 22.2 Å². The number of fused-ring (bicyclic) bond motifs is 1. The van der Waals surface area contributed by atoms with Crippen LogP contribution in [-0.4, -0.2) is 17.4 Å². The zero-order valence-corrected chi connectivity index (χ0v) is 19.6. The van der Waals surface area contributed by atoms with E-state index in [-0.39, 0.29) is 22.1 Å². The second-order valence-corrected chi connectivity index (χ2v) is 9.03. The van der Waals surface area contributed by atoms with Gasteiger partial charge in [-0.05, 0) is 55.5 Å². The highest BCUT2D eigenvalue weighted by Gasteiger charge is 2.43. The number of halogens is 4. The maximum atomic E-state index is 13.5. The zero-order valence-electron chi connectivity index (χ0n) is 18.8. The summed E-state index contributed by atoms with van der Waals surface area (Å²) in [4.78, 5) is 31.1. The van der Waals surface area contributed by atoms with Gasteiger partial charge in [-0.2, -0.15) is 13.2 Å². The predicted molar refractivity (Wildman–Crippen MR) is 126 cm³/mol. The number of ketones is 1. The highest BCUT2D eigenvalue weighted by molar-refractivity contribution is 6.34. The third kappa shape index (κ3) is 4.67. The minimum Gasteiger partial charge on any atom is -0.321 e. The van der Waals surface area contributed by atoms with Gasteiger partial charge in [0, 0.05) is 29.3 Å². The molecule has 8 heteroatoms. The fourth-order valence-electron chi connectivity index (χ4n) is 4.72. The Morgan fingerprint density at radius 3 is 2.47 bits per heavy atom. The number of benzene rings is 2. The van der Waals surface area contributed by atoms with Crippen molar-refractivity contribution < 1.29 is 22.8 Å². The molecule has 0 radical (unpaired) electrons. The Morgan fingerprint density at radius 2 is 1.82 bits per heavy atom. The number of Topliss-reactive ketones (excluding diaryl/α,β-unsaturated/α-hetero) is 1. The molecule has 1 aliphatic carbocycles. The monoisotopic (exact) mass is 488 g/mol. The van der Waals surface area contributed by atoms with Crippen molar-refractivity contribution in [3.8, 4) is 0 Å². The number of nitrogens with one attached hydrogen (secondary N) is 1. The van der Waals surface area contributed by atoms with E-state index in [0.717, 1.165) is 41.5 Å². The van der Waals surface area contributed by atoms with E-state index in [2.05, 4.69) is 10.3 Å². The molecule has 34 heavy (non-hydrogen) atoms. The van der Waals surface area contributed by atoms with Crippen LogP contribution >= 0.6 is 11.6 Å². The minimum absolute atomic E-state index is 0.0165. The van der Waals surface area contributed by atoms with Gasteiger partial charge in [-0.3, -0.25) is 14.6 Å². The van der Waals surface area contributed by atoms with Gasteiger partial charge in [0.1, 0.15) is 5.78 Å². The van der Waals surface area contributed by atoms with Crippen molar-refractivity contribution >= 4 is 34.7 Å². The Morgan fingerprint density at radius 1 is 1.12 bits per heavy atom.